The van der Waals surface area contributed by atoms with Crippen molar-refractivity contribution in [3.63, 3.8) is 0 Å². The maximum absolute atomic E-state index is 11.0. The molecule has 0 spiro atoms. The van der Waals surface area contributed by atoms with Gasteiger partial charge in [0.1, 0.15) is 0 Å². The van der Waals surface area contributed by atoms with E-state index in [1.54, 1.807) is 0 Å². The molecule has 9 heteroatoms. The van der Waals surface area contributed by atoms with E-state index >= 15 is 0 Å². The Morgan fingerprint density at radius 2 is 2.06 bits per heavy atom. The fraction of sp³-hybridized carbons (Fsp3) is 0.143. The monoisotopic (exact) mass is 284 g/mol. The quantitative estimate of drug-likeness (QED) is 0.560. The molecule has 0 amide bonds. The van der Waals surface area contributed by atoms with Gasteiger partial charge in [-0.15, -0.1) is 0 Å². The molecule has 1 aromatic carbocycles. The maximum atomic E-state index is 11.0. The largest absolute Gasteiger partial charge is 1.00 e. The molecule has 0 aromatic heterocycles. The Morgan fingerprint density at radius 3 is 2.44 bits per heavy atom. The molecule has 88 valence electrons. The van der Waals surface area contributed by atoms with Gasteiger partial charge in [0, 0.05) is 6.07 Å². The summed E-state index contributed by atoms with van der Waals surface area (Å²) in [7, 11) is -3.40. The van der Waals surface area contributed by atoms with E-state index in [4.69, 9.17) is 26.3 Å². The molecule has 0 radical (unpaired) electrons. The Balaban J connectivity index is 0.00000225. The highest BCUT2D eigenvalue weighted by molar-refractivity contribution is 7.86. The standard InChI is InChI=1S/C7H5ClN2O4S.ClH/c1-14-6-4(8)2-3-5(10-9)7(6)15(11,12)13;/h2-3H,1H3;1H. The van der Waals surface area contributed by atoms with Crippen molar-refractivity contribution in [2.45, 2.75) is 4.90 Å². The Kier molecular flexibility index (Phi) is 4.96. The summed E-state index contributed by atoms with van der Waals surface area (Å²) in [6.07, 6.45) is 0. The van der Waals surface area contributed by atoms with Gasteiger partial charge in [-0.3, -0.25) is 4.55 Å². The van der Waals surface area contributed by atoms with E-state index in [0.717, 1.165) is 6.07 Å². The van der Waals surface area contributed by atoms with Crippen LogP contribution in [0.2, 0.25) is 5.02 Å². The van der Waals surface area contributed by atoms with E-state index < -0.39 is 15.0 Å². The van der Waals surface area contributed by atoms with Crippen LogP contribution in [0.1, 0.15) is 0 Å². The lowest BCUT2D eigenvalue weighted by Crippen LogP contribution is -3.00. The highest BCUT2D eigenvalue weighted by Gasteiger charge is 2.31. The highest BCUT2D eigenvalue weighted by Crippen LogP contribution is 2.38. The second-order valence-electron chi connectivity index (χ2n) is 2.50. The fourth-order valence-electron chi connectivity index (χ4n) is 1.05. The molecule has 0 aliphatic heterocycles. The second-order valence-corrected chi connectivity index (χ2v) is 4.27. The topological polar surface area (TPSA) is 91.8 Å². The van der Waals surface area contributed by atoms with Crippen LogP contribution in [-0.4, -0.2) is 20.1 Å². The van der Waals surface area contributed by atoms with Gasteiger partial charge in [0.15, 0.2) is 10.7 Å². The first kappa shape index (κ1) is 14.9. The molecule has 0 aliphatic carbocycles. The molecule has 6 nitrogen and oxygen atoms in total. The van der Waals surface area contributed by atoms with Gasteiger partial charge in [0.2, 0.25) is 10.3 Å². The van der Waals surface area contributed by atoms with Gasteiger partial charge in [-0.05, 0) is 6.07 Å². The molecular weight excluding hydrogens is 279 g/mol. The molecule has 1 N–H and O–H groups in total. The van der Waals surface area contributed by atoms with E-state index in [2.05, 4.69) is 4.98 Å². The number of nitrogens with zero attached hydrogens (tertiary/aromatic N) is 2. The van der Waals surface area contributed by atoms with Gasteiger partial charge >= 0.3 is 15.8 Å². The first-order chi connectivity index (χ1) is 6.91. The predicted octanol–water partition coefficient (Wildman–Crippen LogP) is -0.916. The molecule has 0 heterocycles. The minimum atomic E-state index is -4.57. The van der Waals surface area contributed by atoms with Crippen molar-refractivity contribution in [3.8, 4) is 5.75 Å². The van der Waals surface area contributed by atoms with Crippen LogP contribution in [0.5, 0.6) is 5.75 Å². The second kappa shape index (κ2) is 5.32. The minimum Gasteiger partial charge on any atom is -1.00 e. The summed E-state index contributed by atoms with van der Waals surface area (Å²) in [4.78, 5) is 2.04. The molecule has 1 aromatic rings. The van der Waals surface area contributed by atoms with Gasteiger partial charge in [-0.25, -0.2) is 0 Å². The Hall–Kier alpha value is -1.07. The SMILES string of the molecule is COc1c(Cl)ccc([N+]#N)c1S(=O)(=O)O.[Cl-]. The number of hydrogen-bond acceptors (Lipinski definition) is 4. The summed E-state index contributed by atoms with van der Waals surface area (Å²) in [6, 6.07) is 2.41. The van der Waals surface area contributed by atoms with E-state index in [1.807, 2.05) is 0 Å². The maximum Gasteiger partial charge on any atom is 0.409 e. The van der Waals surface area contributed by atoms with Gasteiger partial charge in [0.25, 0.3) is 0 Å². The van der Waals surface area contributed by atoms with Crippen molar-refractivity contribution >= 4 is 27.4 Å². The summed E-state index contributed by atoms with van der Waals surface area (Å²) in [6.45, 7) is 0. The Bertz CT molecular complexity index is 538. The molecular formula is C7H6Cl2N2O4S. The average Bonchev–Trinajstić information content (AvgIpc) is 2.15. The first-order valence-corrected chi connectivity index (χ1v) is 5.42. The first-order valence-electron chi connectivity index (χ1n) is 3.61. The number of hydrogen-bond donors (Lipinski definition) is 1. The summed E-state index contributed by atoms with van der Waals surface area (Å²) in [5, 5.41) is 8.53. The lowest BCUT2D eigenvalue weighted by Gasteiger charge is -2.04. The molecule has 0 atom stereocenters. The van der Waals surface area contributed by atoms with E-state index in [1.165, 1.54) is 13.2 Å². The Labute approximate surface area is 103 Å². The van der Waals surface area contributed by atoms with Crippen molar-refractivity contribution < 1.29 is 30.1 Å². The zero-order chi connectivity index (χ0) is 11.6. The molecule has 16 heavy (non-hydrogen) atoms. The van der Waals surface area contributed by atoms with Gasteiger partial charge in [-0.2, -0.15) is 8.42 Å². The lowest BCUT2D eigenvalue weighted by molar-refractivity contribution is -0.00000783. The van der Waals surface area contributed by atoms with Crippen molar-refractivity contribution in [3.05, 3.63) is 22.1 Å². The number of rotatable bonds is 2. The highest BCUT2D eigenvalue weighted by atomic mass is 35.5. The number of methoxy groups -OCH3 is 1. The zero-order valence-corrected chi connectivity index (χ0v) is 10.2. The smallest absolute Gasteiger partial charge is 0.409 e. The summed E-state index contributed by atoms with van der Waals surface area (Å²) in [5.74, 6) is -0.269. The van der Waals surface area contributed by atoms with Crippen LogP contribution >= 0.6 is 11.6 Å². The van der Waals surface area contributed by atoms with Crippen LogP contribution in [0.3, 0.4) is 0 Å². The number of benzene rings is 1. The average molecular weight is 285 g/mol. The van der Waals surface area contributed by atoms with Gasteiger partial charge < -0.3 is 17.1 Å². The van der Waals surface area contributed by atoms with Crippen molar-refractivity contribution in [1.82, 2.24) is 0 Å². The minimum absolute atomic E-state index is 0. The van der Waals surface area contributed by atoms with Gasteiger partial charge in [0.05, 0.1) is 12.1 Å². The van der Waals surface area contributed by atoms with Crippen LogP contribution in [0.15, 0.2) is 17.0 Å². The van der Waals surface area contributed by atoms with E-state index in [0.29, 0.717) is 0 Å². The molecule has 0 unspecified atom stereocenters. The molecule has 0 saturated carbocycles. The van der Waals surface area contributed by atoms with Crippen molar-refractivity contribution in [1.29, 1.82) is 5.39 Å². The molecule has 0 saturated heterocycles. The predicted molar refractivity (Wildman–Crippen MR) is 52.6 cm³/mol. The summed E-state index contributed by atoms with van der Waals surface area (Å²) >= 11 is 5.64. The van der Waals surface area contributed by atoms with Gasteiger partial charge in [-0.1, -0.05) is 11.6 Å². The molecule has 0 aliphatic rings. The van der Waals surface area contributed by atoms with E-state index in [9.17, 15) is 8.42 Å². The van der Waals surface area contributed by atoms with Crippen LogP contribution < -0.4 is 17.1 Å². The fourth-order valence-corrected chi connectivity index (χ4v) is 2.14. The third-order valence-electron chi connectivity index (χ3n) is 1.61. The van der Waals surface area contributed by atoms with Crippen molar-refractivity contribution in [2.24, 2.45) is 0 Å². The third kappa shape index (κ3) is 2.74. The lowest BCUT2D eigenvalue weighted by atomic mass is 10.3. The number of halogens is 2. The van der Waals surface area contributed by atoms with Crippen LogP contribution in [-0.2, 0) is 10.1 Å². The number of ether oxygens (including phenoxy) is 1. The number of diazo groups is 1. The normalized spacial score (nSPS) is 10.1. The molecule has 0 bridgehead atoms. The molecule has 1 rings (SSSR count). The van der Waals surface area contributed by atoms with Crippen molar-refractivity contribution in [2.75, 3.05) is 7.11 Å². The summed E-state index contributed by atoms with van der Waals surface area (Å²) in [5.41, 5.74) is -0.348. The molecule has 0 fully saturated rings. The third-order valence-corrected chi connectivity index (χ3v) is 2.82. The van der Waals surface area contributed by atoms with E-state index in [-0.39, 0.29) is 28.9 Å². The Morgan fingerprint density at radius 1 is 1.50 bits per heavy atom. The van der Waals surface area contributed by atoms with Crippen LogP contribution in [0.25, 0.3) is 4.98 Å². The summed E-state index contributed by atoms with van der Waals surface area (Å²) < 4.78 is 35.6. The van der Waals surface area contributed by atoms with Crippen LogP contribution in [0.4, 0.5) is 5.69 Å². The zero-order valence-electron chi connectivity index (χ0n) is 7.89. The van der Waals surface area contributed by atoms with Crippen LogP contribution in [0, 0.1) is 5.39 Å².